The maximum absolute atomic E-state index is 10.0. The molecule has 0 heterocycles. The molecule has 0 aromatic rings. The van der Waals surface area contributed by atoms with E-state index < -0.39 is 23.9 Å². The van der Waals surface area contributed by atoms with Gasteiger partial charge in [-0.3, -0.25) is 0 Å². The van der Waals surface area contributed by atoms with Gasteiger partial charge in [-0.1, -0.05) is 51.0 Å². The lowest BCUT2D eigenvalue weighted by molar-refractivity contribution is -0.0468. The molecule has 0 amide bonds. The molecule has 3 aliphatic carbocycles. The van der Waals surface area contributed by atoms with E-state index in [0.29, 0.717) is 29.6 Å². The van der Waals surface area contributed by atoms with Crippen molar-refractivity contribution in [3.05, 3.63) is 35.5 Å². The third kappa shape index (κ3) is 5.27. The summed E-state index contributed by atoms with van der Waals surface area (Å²) in [6.07, 6.45) is 13.6. The van der Waals surface area contributed by atoms with E-state index in [4.69, 9.17) is 0 Å². The Balaban J connectivity index is 1.65. The number of hydrogen-bond acceptors (Lipinski definition) is 4. The fourth-order valence-electron chi connectivity index (χ4n) is 6.34. The quantitative estimate of drug-likeness (QED) is 0.497. The van der Waals surface area contributed by atoms with Gasteiger partial charge in [0, 0.05) is 6.42 Å². The highest BCUT2D eigenvalue weighted by Crippen LogP contribution is 2.58. The molecule has 1 fully saturated rings. The Labute approximate surface area is 182 Å². The van der Waals surface area contributed by atoms with E-state index in [1.165, 1.54) is 31.3 Å². The average molecular weight is 419 g/mol. The molecule has 3 aliphatic rings. The van der Waals surface area contributed by atoms with E-state index in [1.54, 1.807) is 6.08 Å². The smallest absolute Gasteiger partial charge is 0.110 e. The molecule has 0 bridgehead atoms. The molecular weight excluding hydrogens is 376 g/mol. The molecule has 170 valence electrons. The van der Waals surface area contributed by atoms with Gasteiger partial charge < -0.3 is 20.4 Å². The molecule has 0 spiro atoms. The predicted molar refractivity (Wildman–Crippen MR) is 121 cm³/mol. The zero-order valence-corrected chi connectivity index (χ0v) is 19.2. The lowest BCUT2D eigenvalue weighted by Crippen LogP contribution is -2.39. The summed E-state index contributed by atoms with van der Waals surface area (Å²) in [5.41, 5.74) is 2.03. The first kappa shape index (κ1) is 23.7. The van der Waals surface area contributed by atoms with Crippen LogP contribution in [0.1, 0.15) is 79.1 Å². The van der Waals surface area contributed by atoms with Crippen LogP contribution in [0.4, 0.5) is 0 Å². The molecule has 4 N–H and O–H groups in total. The standard InChI is InChI=1S/C26H42O4/c1-17(7-5-13-25(2,3)30)20-11-12-21-19(8-6-14-26(20,21)4)10-9-18-15-22(27)24(29)23(28)16-18/h8-10,15,17,20-24,27-30H,5-7,11-14,16H2,1-4H3/b10-9-/t17-,20-,21+,22+,23-,24-,26-/m1/s1. The molecular formula is C26H42O4. The zero-order valence-electron chi connectivity index (χ0n) is 19.2. The van der Waals surface area contributed by atoms with Crippen molar-refractivity contribution in [3.63, 3.8) is 0 Å². The van der Waals surface area contributed by atoms with E-state index in [1.807, 2.05) is 19.9 Å². The summed E-state index contributed by atoms with van der Waals surface area (Å²) in [4.78, 5) is 0. The zero-order chi connectivity index (χ0) is 22.1. The van der Waals surface area contributed by atoms with Gasteiger partial charge in [0.05, 0.1) is 11.7 Å². The third-order valence-electron chi connectivity index (χ3n) is 8.07. The number of fused-ring (bicyclic) bond motifs is 1. The van der Waals surface area contributed by atoms with Crippen molar-refractivity contribution in [2.24, 2.45) is 23.2 Å². The molecule has 7 atom stereocenters. The lowest BCUT2D eigenvalue weighted by Gasteiger charge is -2.43. The molecule has 0 unspecified atom stereocenters. The largest absolute Gasteiger partial charge is 0.390 e. The first-order chi connectivity index (χ1) is 14.0. The van der Waals surface area contributed by atoms with Crippen LogP contribution in [-0.2, 0) is 0 Å². The van der Waals surface area contributed by atoms with Crippen LogP contribution in [0.3, 0.4) is 0 Å². The second kappa shape index (κ2) is 9.28. The molecule has 1 saturated carbocycles. The minimum atomic E-state index is -1.09. The molecule has 4 heteroatoms. The molecule has 0 aliphatic heterocycles. The monoisotopic (exact) mass is 418 g/mol. The van der Waals surface area contributed by atoms with Crippen LogP contribution in [0.25, 0.3) is 0 Å². The minimum Gasteiger partial charge on any atom is -0.390 e. The maximum atomic E-state index is 10.0. The first-order valence-corrected chi connectivity index (χ1v) is 11.9. The van der Waals surface area contributed by atoms with Crippen LogP contribution >= 0.6 is 0 Å². The molecule has 0 radical (unpaired) electrons. The molecule has 0 saturated heterocycles. The van der Waals surface area contributed by atoms with Crippen LogP contribution in [0.15, 0.2) is 35.5 Å². The van der Waals surface area contributed by atoms with Gasteiger partial charge >= 0.3 is 0 Å². The number of aliphatic hydroxyl groups is 4. The van der Waals surface area contributed by atoms with Gasteiger partial charge in [0.15, 0.2) is 0 Å². The molecule has 0 aromatic carbocycles. The van der Waals surface area contributed by atoms with Crippen LogP contribution in [0.2, 0.25) is 0 Å². The van der Waals surface area contributed by atoms with Gasteiger partial charge in [-0.25, -0.2) is 0 Å². The van der Waals surface area contributed by atoms with Gasteiger partial charge in [-0.15, -0.1) is 0 Å². The van der Waals surface area contributed by atoms with E-state index in [0.717, 1.165) is 24.8 Å². The Morgan fingerprint density at radius 2 is 1.93 bits per heavy atom. The van der Waals surface area contributed by atoms with Crippen LogP contribution < -0.4 is 0 Å². The van der Waals surface area contributed by atoms with Gasteiger partial charge in [0.2, 0.25) is 0 Å². The second-order valence-corrected chi connectivity index (χ2v) is 11.0. The van der Waals surface area contributed by atoms with Crippen LogP contribution in [-0.4, -0.2) is 44.3 Å². The van der Waals surface area contributed by atoms with Crippen molar-refractivity contribution in [1.82, 2.24) is 0 Å². The van der Waals surface area contributed by atoms with Gasteiger partial charge in [0.1, 0.15) is 12.2 Å². The molecule has 30 heavy (non-hydrogen) atoms. The summed E-state index contributed by atoms with van der Waals surface area (Å²) in [6, 6.07) is 0. The summed E-state index contributed by atoms with van der Waals surface area (Å²) < 4.78 is 0. The summed E-state index contributed by atoms with van der Waals surface area (Å²) >= 11 is 0. The average Bonchev–Trinajstić information content (AvgIpc) is 3.00. The van der Waals surface area contributed by atoms with Crippen LogP contribution in [0.5, 0.6) is 0 Å². The topological polar surface area (TPSA) is 80.9 Å². The highest BCUT2D eigenvalue weighted by atomic mass is 16.4. The van der Waals surface area contributed by atoms with Gasteiger partial charge in [-0.2, -0.15) is 0 Å². The van der Waals surface area contributed by atoms with Crippen molar-refractivity contribution in [2.45, 2.75) is 103 Å². The summed E-state index contributed by atoms with van der Waals surface area (Å²) in [6.45, 7) is 8.68. The van der Waals surface area contributed by atoms with Crippen LogP contribution in [0, 0.1) is 23.2 Å². The van der Waals surface area contributed by atoms with Crippen molar-refractivity contribution in [2.75, 3.05) is 0 Å². The molecule has 0 aromatic heterocycles. The van der Waals surface area contributed by atoms with Crippen molar-refractivity contribution in [3.8, 4) is 0 Å². The Kier molecular flexibility index (Phi) is 7.33. The number of hydrogen-bond donors (Lipinski definition) is 4. The summed E-state index contributed by atoms with van der Waals surface area (Å²) in [5.74, 6) is 1.95. The number of rotatable bonds is 7. The van der Waals surface area contributed by atoms with Crippen molar-refractivity contribution in [1.29, 1.82) is 0 Å². The van der Waals surface area contributed by atoms with E-state index >= 15 is 0 Å². The predicted octanol–water partition coefficient (Wildman–Crippen LogP) is 4.29. The third-order valence-corrected chi connectivity index (χ3v) is 8.07. The molecule has 3 rings (SSSR count). The SMILES string of the molecule is C[C@H](CCCC(C)(C)O)[C@H]1CC[C@H]2C(/C=C\C3=C[C@H](O)[C@@H](O)[C@H](O)C3)=CCC[C@]12C. The second-order valence-electron chi connectivity index (χ2n) is 11.0. The highest BCUT2D eigenvalue weighted by Gasteiger charge is 2.49. The van der Waals surface area contributed by atoms with E-state index in [9.17, 15) is 20.4 Å². The van der Waals surface area contributed by atoms with E-state index in [2.05, 4.69) is 26.0 Å². The van der Waals surface area contributed by atoms with E-state index in [-0.39, 0.29) is 0 Å². The molecule has 4 nitrogen and oxygen atoms in total. The Morgan fingerprint density at radius 1 is 1.20 bits per heavy atom. The van der Waals surface area contributed by atoms with Crippen molar-refractivity contribution >= 4 is 0 Å². The lowest BCUT2D eigenvalue weighted by atomic mass is 9.62. The van der Waals surface area contributed by atoms with Gasteiger partial charge in [-0.05, 0) is 80.3 Å². The Morgan fingerprint density at radius 3 is 2.60 bits per heavy atom. The highest BCUT2D eigenvalue weighted by molar-refractivity contribution is 5.35. The first-order valence-electron chi connectivity index (χ1n) is 11.9. The summed E-state index contributed by atoms with van der Waals surface area (Å²) in [7, 11) is 0. The Bertz CT molecular complexity index is 686. The maximum Gasteiger partial charge on any atom is 0.110 e. The van der Waals surface area contributed by atoms with Gasteiger partial charge in [0.25, 0.3) is 0 Å². The Hall–Kier alpha value is -0.940. The fourth-order valence-corrected chi connectivity index (χ4v) is 6.34. The number of allylic oxidation sites excluding steroid dienone is 4. The summed E-state index contributed by atoms with van der Waals surface area (Å²) in [5, 5.41) is 39.6. The minimum absolute atomic E-state index is 0.318. The number of aliphatic hydroxyl groups excluding tert-OH is 3. The fraction of sp³-hybridized carbons (Fsp3) is 0.769. The van der Waals surface area contributed by atoms with Crippen molar-refractivity contribution < 1.29 is 20.4 Å². The normalized spacial score (nSPS) is 38.3.